The van der Waals surface area contributed by atoms with Gasteiger partial charge in [0.05, 0.1) is 30.3 Å². The smallest absolute Gasteiger partial charge is 0.238 e. The number of rotatable bonds is 3. The van der Waals surface area contributed by atoms with E-state index < -0.39 is 102 Å². The number of fused-ring (bicyclic) bond motifs is 10. The van der Waals surface area contributed by atoms with E-state index in [1.54, 1.807) is 48.5 Å². The summed E-state index contributed by atoms with van der Waals surface area (Å²) >= 11 is 0. The van der Waals surface area contributed by atoms with Gasteiger partial charge in [0.2, 0.25) is 5.95 Å². The molecule has 6 aromatic carbocycles. The second-order valence-electron chi connectivity index (χ2n) is 11.2. The molecule has 222 valence electrons. The summed E-state index contributed by atoms with van der Waals surface area (Å²) < 4.78 is 151. The summed E-state index contributed by atoms with van der Waals surface area (Å²) in [7, 11) is 0. The Kier molecular flexibility index (Phi) is 3.03. The third-order valence-corrected chi connectivity index (χ3v) is 8.60. The lowest BCUT2D eigenvalue weighted by Crippen LogP contribution is -2.14. The molecule has 0 saturated carbocycles. The lowest BCUT2D eigenvalue weighted by molar-refractivity contribution is 0.661. The van der Waals surface area contributed by atoms with Crippen LogP contribution in [0.4, 0.5) is 0 Å². The Balaban J connectivity index is 1.46. The van der Waals surface area contributed by atoms with Crippen LogP contribution in [0, 0.1) is 0 Å². The second-order valence-corrected chi connectivity index (χ2v) is 11.2. The molecule has 0 radical (unpaired) electrons. The first-order valence-corrected chi connectivity index (χ1v) is 14.7. The van der Waals surface area contributed by atoms with Crippen LogP contribution in [0.2, 0.25) is 0 Å². The fourth-order valence-electron chi connectivity index (χ4n) is 6.53. The van der Waals surface area contributed by atoms with Gasteiger partial charge < -0.3 is 4.42 Å². The van der Waals surface area contributed by atoms with E-state index in [4.69, 9.17) is 35.8 Å². The van der Waals surface area contributed by atoms with Gasteiger partial charge in [-0.25, -0.2) is 4.98 Å². The summed E-state index contributed by atoms with van der Waals surface area (Å²) in [5, 5.41) is 0.811. The van der Waals surface area contributed by atoms with Crippen LogP contribution in [-0.4, -0.2) is 19.5 Å². The van der Waals surface area contributed by atoms with Crippen molar-refractivity contribution in [2.75, 3.05) is 0 Å². The minimum Gasteiger partial charge on any atom is -0.455 e. The van der Waals surface area contributed by atoms with E-state index in [0.717, 1.165) is 15.3 Å². The van der Waals surface area contributed by atoms with Gasteiger partial charge in [-0.3, -0.25) is 4.57 Å². The van der Waals surface area contributed by atoms with Crippen molar-refractivity contribution in [1.29, 1.82) is 0 Å². The number of hydrogen-bond donors (Lipinski definition) is 0. The first kappa shape index (κ1) is 15.0. The van der Waals surface area contributed by atoms with E-state index in [1.165, 1.54) is 0 Å². The van der Waals surface area contributed by atoms with Gasteiger partial charge in [0.25, 0.3) is 0 Å². The van der Waals surface area contributed by atoms with E-state index in [9.17, 15) is 5.48 Å². The molecular weight excluding hydrogens is 576 g/mol. The van der Waals surface area contributed by atoms with E-state index in [2.05, 4.69) is 0 Å². The molecule has 0 fully saturated rings. The highest BCUT2D eigenvalue weighted by Crippen LogP contribution is 2.53. The van der Waals surface area contributed by atoms with Gasteiger partial charge in [-0.15, -0.1) is 0 Å². The van der Waals surface area contributed by atoms with Crippen LogP contribution in [0.3, 0.4) is 0 Å². The third-order valence-electron chi connectivity index (χ3n) is 8.60. The molecule has 1 aliphatic carbocycles. The zero-order valence-electron chi connectivity index (χ0n) is 40.1. The van der Waals surface area contributed by atoms with Crippen LogP contribution in [0.15, 0.2) is 138 Å². The molecule has 0 atom stereocenters. The highest BCUT2D eigenvalue weighted by atomic mass is 16.3. The maximum absolute atomic E-state index is 9.67. The molecule has 9 aromatic rings. The molecule has 0 saturated heterocycles. The van der Waals surface area contributed by atoms with E-state index in [1.807, 2.05) is 24.3 Å². The zero-order chi connectivity index (χ0) is 45.0. The molecule has 5 heteroatoms. The molecule has 3 aromatic heterocycles. The number of nitrogens with zero attached hydrogens (tertiary/aromatic N) is 4. The second kappa shape index (κ2) is 9.47. The molecule has 5 nitrogen and oxygen atoms in total. The predicted molar refractivity (Wildman–Crippen MR) is 190 cm³/mol. The molecule has 0 N–H and O–H groups in total. The van der Waals surface area contributed by atoms with Crippen molar-refractivity contribution in [1.82, 2.24) is 19.5 Å². The Morgan fingerprint density at radius 1 is 0.638 bits per heavy atom. The average molecular weight is 621 g/mol. The Labute approximate surface area is 293 Å². The van der Waals surface area contributed by atoms with Crippen molar-refractivity contribution in [3.8, 4) is 39.9 Å². The molecule has 0 spiro atoms. The summed E-state index contributed by atoms with van der Waals surface area (Å²) in [4.78, 5) is 14.5. The standard InChI is InChI=1S/C42H28N4O/c1-42(2)31-20-9-6-16-28(31)36-32(42)23-24-34-37(36)29-17-7-10-21-33(29)46(34)41-44-39(25-13-4-3-5-14-25)43-40(45-41)30-19-12-18-27-26-15-8-11-22-35(26)47-38(27)30/h3-24H,1-2H3/i1D3,2D3,6D,7D,9D,10D,16D,17D,20D,21D,23D,24D. The quantitative estimate of drug-likeness (QED) is 0.197. The fourth-order valence-corrected chi connectivity index (χ4v) is 6.53. The first-order chi connectivity index (χ1) is 29.7. The molecular formula is C42H28N4O. The van der Waals surface area contributed by atoms with Gasteiger partial charge in [0.15, 0.2) is 11.6 Å². The van der Waals surface area contributed by atoms with Crippen LogP contribution in [0.1, 0.15) is 46.8 Å². The number of hydrogen-bond acceptors (Lipinski definition) is 4. The van der Waals surface area contributed by atoms with Crippen molar-refractivity contribution in [2.45, 2.75) is 19.1 Å². The highest BCUT2D eigenvalue weighted by molar-refractivity contribution is 6.17. The van der Waals surface area contributed by atoms with Crippen LogP contribution in [-0.2, 0) is 5.41 Å². The summed E-state index contributed by atoms with van der Waals surface area (Å²) in [5.74, 6) is -0.223. The first-order valence-electron chi connectivity index (χ1n) is 22.7. The van der Waals surface area contributed by atoms with Gasteiger partial charge >= 0.3 is 0 Å². The zero-order valence-corrected chi connectivity index (χ0v) is 24.1. The van der Waals surface area contributed by atoms with Crippen LogP contribution in [0.5, 0.6) is 0 Å². The normalized spacial score (nSPS) is 18.9. The Morgan fingerprint density at radius 3 is 2.34 bits per heavy atom. The van der Waals surface area contributed by atoms with Crippen molar-refractivity contribution in [2.24, 2.45) is 0 Å². The Bertz CT molecular complexity index is 3490. The van der Waals surface area contributed by atoms with Crippen LogP contribution in [0.25, 0.3) is 83.6 Å². The van der Waals surface area contributed by atoms with E-state index in [-0.39, 0.29) is 39.4 Å². The van der Waals surface area contributed by atoms with Gasteiger partial charge in [0.1, 0.15) is 11.2 Å². The minimum absolute atomic E-state index is 0.0291. The minimum atomic E-state index is -3.64. The number of furan rings is 1. The number of aromatic nitrogens is 4. The summed E-state index contributed by atoms with van der Waals surface area (Å²) in [6.07, 6.45) is 0. The third kappa shape index (κ3) is 3.62. The van der Waals surface area contributed by atoms with Gasteiger partial charge in [0, 0.05) is 40.7 Å². The average Bonchev–Trinajstić information content (AvgIpc) is 3.93. The van der Waals surface area contributed by atoms with E-state index in [0.29, 0.717) is 22.3 Å². The van der Waals surface area contributed by atoms with Gasteiger partial charge in [-0.1, -0.05) is 123 Å². The molecule has 0 bridgehead atoms. The molecule has 1 aliphatic rings. The molecule has 0 aliphatic heterocycles. The maximum Gasteiger partial charge on any atom is 0.238 e. The predicted octanol–water partition coefficient (Wildman–Crippen LogP) is 10.5. The molecule has 0 amide bonds. The molecule has 47 heavy (non-hydrogen) atoms. The van der Waals surface area contributed by atoms with Crippen LogP contribution < -0.4 is 0 Å². The Hall–Kier alpha value is -6.07. The Morgan fingerprint density at radius 2 is 1.43 bits per heavy atom. The topological polar surface area (TPSA) is 56.7 Å². The summed E-state index contributed by atoms with van der Waals surface area (Å²) in [6.45, 7) is -7.29. The van der Waals surface area contributed by atoms with Gasteiger partial charge in [-0.05, 0) is 46.5 Å². The number of para-hydroxylation sites is 3. The van der Waals surface area contributed by atoms with Crippen LogP contribution >= 0.6 is 0 Å². The largest absolute Gasteiger partial charge is 0.455 e. The van der Waals surface area contributed by atoms with E-state index >= 15 is 0 Å². The SMILES string of the molecule is [2H]c1c([2H])c([2H])c2c(c1[2H])-c1c(c([2H])c([2H])c3c1c1c([2H])c([2H])c([2H])c([2H])c1n3-c1nc(-c3ccccc3)nc(-c3cccc4c3oc3ccccc34)n1)C2(C([2H])([2H])[2H])C([2H])([2H])[2H]. The molecule has 3 heterocycles. The maximum atomic E-state index is 9.67. The van der Waals surface area contributed by atoms with Crippen molar-refractivity contribution >= 4 is 43.7 Å². The van der Waals surface area contributed by atoms with Crippen molar-refractivity contribution in [3.63, 3.8) is 0 Å². The molecule has 0 unspecified atom stereocenters. The molecule has 10 rings (SSSR count). The fraction of sp³-hybridized carbons (Fsp3) is 0.0714. The lowest BCUT2D eigenvalue weighted by atomic mass is 9.82. The van der Waals surface area contributed by atoms with Gasteiger partial charge in [-0.2, -0.15) is 9.97 Å². The van der Waals surface area contributed by atoms with Crippen molar-refractivity contribution in [3.05, 3.63) is 144 Å². The number of benzene rings is 6. The van der Waals surface area contributed by atoms with Crippen molar-refractivity contribution < 1.29 is 26.3 Å². The lowest BCUT2D eigenvalue weighted by Gasteiger charge is -2.21. The monoisotopic (exact) mass is 620 g/mol. The summed E-state index contributed by atoms with van der Waals surface area (Å²) in [6, 6.07) is 13.1. The summed E-state index contributed by atoms with van der Waals surface area (Å²) in [5.41, 5.74) is -4.95. The highest BCUT2D eigenvalue weighted by Gasteiger charge is 2.37.